The summed E-state index contributed by atoms with van der Waals surface area (Å²) < 4.78 is 57.1. The summed E-state index contributed by atoms with van der Waals surface area (Å²) in [6.07, 6.45) is -3.90. The molecule has 2 bridgehead atoms. The maximum Gasteiger partial charge on any atom is 0.394 e. The Morgan fingerprint density at radius 3 is 1.96 bits per heavy atom. The van der Waals surface area contributed by atoms with Crippen molar-refractivity contribution in [1.82, 2.24) is 9.97 Å². The molecule has 24 heavy (non-hydrogen) atoms. The van der Waals surface area contributed by atoms with Crippen LogP contribution in [0.2, 0.25) is 0 Å². The van der Waals surface area contributed by atoms with Crippen molar-refractivity contribution in [3.05, 3.63) is 17.3 Å². The molecule has 4 rings (SSSR count). The van der Waals surface area contributed by atoms with E-state index >= 15 is 0 Å². The van der Waals surface area contributed by atoms with E-state index in [0.717, 1.165) is 0 Å². The lowest BCUT2D eigenvalue weighted by Gasteiger charge is -2.70. The van der Waals surface area contributed by atoms with Crippen molar-refractivity contribution in [2.75, 3.05) is 6.61 Å². The lowest BCUT2D eigenvalue weighted by molar-refractivity contribution is -0.367. The molecule has 138 valence electrons. The Balaban J connectivity index is 0.000000671. The summed E-state index contributed by atoms with van der Waals surface area (Å²) in [5.41, 5.74) is -1.78. The number of aromatic nitrogens is 2. The van der Waals surface area contributed by atoms with E-state index < -0.39 is 22.8 Å². The fourth-order valence-corrected chi connectivity index (χ4v) is 3.44. The average molecular weight is 350 g/mol. The van der Waals surface area contributed by atoms with Gasteiger partial charge in [-0.1, -0.05) is 27.7 Å². The minimum atomic E-state index is -4.14. The van der Waals surface area contributed by atoms with Crippen molar-refractivity contribution in [1.29, 1.82) is 0 Å². The summed E-state index contributed by atoms with van der Waals surface area (Å²) in [6.45, 7) is 11.2. The Bertz CT molecular complexity index is 553. The highest BCUT2D eigenvalue weighted by molar-refractivity contribution is 5.22. The van der Waals surface area contributed by atoms with E-state index in [4.69, 9.17) is 4.74 Å². The topological polar surface area (TPSA) is 35.0 Å². The molecule has 7 heteroatoms. The first-order valence-corrected chi connectivity index (χ1v) is 8.37. The van der Waals surface area contributed by atoms with Crippen molar-refractivity contribution in [2.45, 2.75) is 67.0 Å². The largest absolute Gasteiger partial charge is 0.475 e. The summed E-state index contributed by atoms with van der Waals surface area (Å²) >= 11 is 0. The number of alkyl halides is 3. The van der Waals surface area contributed by atoms with Gasteiger partial charge in [0.1, 0.15) is 5.82 Å². The zero-order chi connectivity index (χ0) is 18.8. The third kappa shape index (κ3) is 3.49. The number of aryl methyl sites for hydroxylation is 2. The Morgan fingerprint density at radius 2 is 1.50 bits per heavy atom. The highest BCUT2D eigenvalue weighted by Crippen LogP contribution is 2.78. The highest BCUT2D eigenvalue weighted by Gasteiger charge is 2.78. The van der Waals surface area contributed by atoms with E-state index in [1.807, 2.05) is 27.7 Å². The van der Waals surface area contributed by atoms with Crippen LogP contribution in [0.4, 0.5) is 17.6 Å². The van der Waals surface area contributed by atoms with E-state index in [-0.39, 0.29) is 37.4 Å². The van der Waals surface area contributed by atoms with Gasteiger partial charge in [0.25, 0.3) is 5.88 Å². The number of hydrogen-bond acceptors (Lipinski definition) is 3. The lowest BCUT2D eigenvalue weighted by atomic mass is 9.35. The summed E-state index contributed by atoms with van der Waals surface area (Å²) in [4.78, 5) is 7.70. The van der Waals surface area contributed by atoms with Gasteiger partial charge in [-0.05, 0) is 33.1 Å². The van der Waals surface area contributed by atoms with Crippen molar-refractivity contribution < 1.29 is 22.3 Å². The van der Waals surface area contributed by atoms with Crippen LogP contribution in [0.1, 0.15) is 58.5 Å². The second kappa shape index (κ2) is 7.23. The van der Waals surface area contributed by atoms with Crippen molar-refractivity contribution in [2.24, 2.45) is 10.8 Å². The van der Waals surface area contributed by atoms with Gasteiger partial charge in [-0.3, -0.25) is 0 Å². The van der Waals surface area contributed by atoms with Crippen LogP contribution in [0.3, 0.4) is 0 Å². The molecule has 0 saturated heterocycles. The van der Waals surface area contributed by atoms with Gasteiger partial charge in [0.05, 0.1) is 17.7 Å². The summed E-state index contributed by atoms with van der Waals surface area (Å²) in [7, 11) is 0. The average Bonchev–Trinajstić information content (AvgIpc) is 2.44. The van der Waals surface area contributed by atoms with Crippen LogP contribution >= 0.6 is 0 Å². The van der Waals surface area contributed by atoms with Gasteiger partial charge in [0.15, 0.2) is 0 Å². The van der Waals surface area contributed by atoms with Crippen LogP contribution in [-0.2, 0) is 0 Å². The van der Waals surface area contributed by atoms with Gasteiger partial charge >= 0.3 is 6.18 Å². The fourth-order valence-electron chi connectivity index (χ4n) is 3.44. The van der Waals surface area contributed by atoms with Crippen molar-refractivity contribution in [3.8, 4) is 5.88 Å². The number of nitrogens with zero attached hydrogens (tertiary/aromatic N) is 2. The van der Waals surface area contributed by atoms with Crippen LogP contribution in [0.15, 0.2) is 0 Å². The van der Waals surface area contributed by atoms with Gasteiger partial charge in [0, 0.05) is 5.41 Å². The molecular formula is C17H26F4N2O. The zero-order valence-electron chi connectivity index (χ0n) is 15.1. The van der Waals surface area contributed by atoms with Crippen LogP contribution in [0, 0.1) is 30.5 Å². The molecule has 3 nitrogen and oxygen atoms in total. The minimum absolute atomic E-state index is 0.0775. The molecule has 0 aliphatic heterocycles. The Kier molecular flexibility index (Phi) is 6.22. The van der Waals surface area contributed by atoms with E-state index in [9.17, 15) is 17.6 Å². The van der Waals surface area contributed by atoms with Crippen LogP contribution < -0.4 is 4.74 Å². The molecule has 3 aliphatic carbocycles. The Hall–Kier alpha value is -1.40. The Labute approximate surface area is 140 Å². The van der Waals surface area contributed by atoms with E-state index in [2.05, 4.69) is 9.97 Å². The third-order valence-electron chi connectivity index (χ3n) is 4.35. The molecule has 0 spiro atoms. The third-order valence-corrected chi connectivity index (χ3v) is 4.35. The number of ether oxygens (including phenoxy) is 1. The molecule has 0 radical (unpaired) electrons. The molecule has 1 heterocycles. The fraction of sp³-hybridized carbons (Fsp3) is 0.765. The van der Waals surface area contributed by atoms with Gasteiger partial charge in [-0.15, -0.1) is 0 Å². The molecule has 0 amide bonds. The summed E-state index contributed by atoms with van der Waals surface area (Å²) in [6, 6.07) is 0. The maximum atomic E-state index is 13.7. The molecule has 0 unspecified atom stereocenters. The predicted octanol–water partition coefficient (Wildman–Crippen LogP) is 5.40. The van der Waals surface area contributed by atoms with E-state index in [1.54, 1.807) is 6.92 Å². The van der Waals surface area contributed by atoms with Gasteiger partial charge < -0.3 is 4.74 Å². The number of hydrogen-bond donors (Lipinski definition) is 0. The van der Waals surface area contributed by atoms with Gasteiger partial charge in [0.2, 0.25) is 5.82 Å². The molecule has 3 fully saturated rings. The molecule has 1 aromatic heterocycles. The SMILES string of the molecule is CC.CC.Cc1nc(C)c(F)c(OCC23CC(C(F)(F)F)(C2)C3)n1. The van der Waals surface area contributed by atoms with Crippen LogP contribution in [0.5, 0.6) is 5.88 Å². The Morgan fingerprint density at radius 1 is 1.00 bits per heavy atom. The lowest BCUT2D eigenvalue weighted by Crippen LogP contribution is -2.69. The van der Waals surface area contributed by atoms with Crippen molar-refractivity contribution >= 4 is 0 Å². The molecule has 0 N–H and O–H groups in total. The first-order chi connectivity index (χ1) is 11.2. The zero-order valence-corrected chi connectivity index (χ0v) is 15.1. The van der Waals surface area contributed by atoms with Gasteiger partial charge in [-0.2, -0.15) is 22.5 Å². The molecule has 0 aromatic carbocycles. The standard InChI is InChI=1S/C13H14F4N2O.2C2H6/c1-7-9(14)10(19-8(2)18-7)20-6-11-3-12(4-11,5-11)13(15,16)17;2*1-2/h3-6H2,1-2H3;2*1-2H3. The number of rotatable bonds is 3. The maximum absolute atomic E-state index is 13.7. The molecule has 3 saturated carbocycles. The van der Waals surface area contributed by atoms with E-state index in [0.29, 0.717) is 5.82 Å². The molecule has 3 aliphatic rings. The predicted molar refractivity (Wildman–Crippen MR) is 84.4 cm³/mol. The highest BCUT2D eigenvalue weighted by atomic mass is 19.4. The number of halogens is 4. The summed E-state index contributed by atoms with van der Waals surface area (Å²) in [5.74, 6) is -0.434. The first-order valence-electron chi connectivity index (χ1n) is 8.37. The summed E-state index contributed by atoms with van der Waals surface area (Å²) in [5, 5.41) is 0. The van der Waals surface area contributed by atoms with Crippen LogP contribution in [0.25, 0.3) is 0 Å². The van der Waals surface area contributed by atoms with Gasteiger partial charge in [-0.25, -0.2) is 4.98 Å². The smallest absolute Gasteiger partial charge is 0.394 e. The molecule has 0 atom stereocenters. The van der Waals surface area contributed by atoms with Crippen LogP contribution in [-0.4, -0.2) is 22.8 Å². The van der Waals surface area contributed by atoms with Crippen molar-refractivity contribution in [3.63, 3.8) is 0 Å². The first kappa shape index (κ1) is 20.6. The second-order valence-corrected chi connectivity index (χ2v) is 6.07. The normalized spacial score (nSPS) is 26.8. The quantitative estimate of drug-likeness (QED) is 0.685. The minimum Gasteiger partial charge on any atom is -0.475 e. The monoisotopic (exact) mass is 350 g/mol. The van der Waals surface area contributed by atoms with E-state index in [1.165, 1.54) is 6.92 Å². The molecular weight excluding hydrogens is 324 g/mol. The molecule has 1 aromatic rings. The second-order valence-electron chi connectivity index (χ2n) is 6.07.